The molecule has 7 heteroatoms. The lowest BCUT2D eigenvalue weighted by Crippen LogP contribution is -2.45. The van der Waals surface area contributed by atoms with Gasteiger partial charge in [0.15, 0.2) is 0 Å². The maximum atomic E-state index is 12.2. The van der Waals surface area contributed by atoms with Crippen LogP contribution >= 0.6 is 11.8 Å². The Morgan fingerprint density at radius 1 is 1.04 bits per heavy atom. The van der Waals surface area contributed by atoms with E-state index in [0.717, 1.165) is 31.1 Å². The molecule has 0 aliphatic carbocycles. The zero-order valence-electron chi connectivity index (χ0n) is 16.6. The summed E-state index contributed by atoms with van der Waals surface area (Å²) in [5, 5.41) is 6.14. The second-order valence-corrected chi connectivity index (χ2v) is 7.85. The van der Waals surface area contributed by atoms with Gasteiger partial charge in [0, 0.05) is 12.0 Å². The molecule has 0 heterocycles. The number of hydrogen-bond acceptors (Lipinski definition) is 6. The van der Waals surface area contributed by atoms with E-state index in [0.29, 0.717) is 12.5 Å². The summed E-state index contributed by atoms with van der Waals surface area (Å²) in [5.41, 5.74) is 0. The summed E-state index contributed by atoms with van der Waals surface area (Å²) in [6, 6.07) is -0.0110. The Kier molecular flexibility index (Phi) is 12.8. The molecule has 0 fully saturated rings. The number of ketones is 1. The molecule has 1 amide bonds. The Morgan fingerprint density at radius 3 is 2.20 bits per heavy atom. The molecule has 0 aromatic heterocycles. The van der Waals surface area contributed by atoms with Crippen LogP contribution in [0.4, 0.5) is 0 Å². The van der Waals surface area contributed by atoms with E-state index in [1.807, 2.05) is 13.8 Å². The van der Waals surface area contributed by atoms with Crippen molar-refractivity contribution in [3.63, 3.8) is 0 Å². The Morgan fingerprint density at radius 2 is 1.68 bits per heavy atom. The molecule has 0 bridgehead atoms. The molecule has 2 N–H and O–H groups in total. The summed E-state index contributed by atoms with van der Waals surface area (Å²) in [6.07, 6.45) is 4.21. The molecule has 0 aliphatic heterocycles. The number of carbonyl (C=O) groups excluding carboxylic acids is 3. The fourth-order valence-electron chi connectivity index (χ4n) is 2.25. The zero-order valence-corrected chi connectivity index (χ0v) is 17.4. The standard InChI is InChI=1S/C18H35N3O3S/c1-13(2)16(22)11-21(5)12-17(23)20-15(18(24)25-6)9-7-8-10-19-14(3)4/h13-15,19H,7-12H2,1-6H3,(H,20,23)/t15-/m0/s1. The van der Waals surface area contributed by atoms with Gasteiger partial charge in [-0.1, -0.05) is 39.5 Å². The zero-order chi connectivity index (χ0) is 19.4. The lowest BCUT2D eigenvalue weighted by molar-refractivity contribution is -0.127. The predicted octanol–water partition coefficient (Wildman–Crippen LogP) is 1.69. The predicted molar refractivity (Wildman–Crippen MR) is 105 cm³/mol. The van der Waals surface area contributed by atoms with Gasteiger partial charge in [0.05, 0.1) is 19.1 Å². The van der Waals surface area contributed by atoms with E-state index >= 15 is 0 Å². The Balaban J connectivity index is 4.33. The number of carbonyl (C=O) groups is 3. The summed E-state index contributed by atoms with van der Waals surface area (Å²) in [4.78, 5) is 37.6. The molecule has 0 aromatic carbocycles. The first kappa shape index (κ1) is 24.1. The van der Waals surface area contributed by atoms with Crippen LogP contribution in [0.1, 0.15) is 47.0 Å². The van der Waals surface area contributed by atoms with Crippen LogP contribution in [0.15, 0.2) is 0 Å². The van der Waals surface area contributed by atoms with Crippen molar-refractivity contribution >= 4 is 28.6 Å². The fourth-order valence-corrected chi connectivity index (χ4v) is 2.71. The van der Waals surface area contributed by atoms with Gasteiger partial charge < -0.3 is 10.6 Å². The SMILES string of the molecule is CSC(=O)[C@H](CCCCNC(C)C)NC(=O)CN(C)CC(=O)C(C)C. The van der Waals surface area contributed by atoms with E-state index in [-0.39, 0.29) is 35.8 Å². The van der Waals surface area contributed by atoms with E-state index in [1.165, 1.54) is 0 Å². The van der Waals surface area contributed by atoms with E-state index in [4.69, 9.17) is 0 Å². The average Bonchev–Trinajstić information content (AvgIpc) is 2.51. The van der Waals surface area contributed by atoms with Crippen LogP contribution in [0.25, 0.3) is 0 Å². The minimum atomic E-state index is -0.462. The molecular weight excluding hydrogens is 338 g/mol. The van der Waals surface area contributed by atoms with Crippen molar-refractivity contribution in [1.82, 2.24) is 15.5 Å². The minimum absolute atomic E-state index is 0.0221. The topological polar surface area (TPSA) is 78.5 Å². The smallest absolute Gasteiger partial charge is 0.234 e. The van der Waals surface area contributed by atoms with Gasteiger partial charge >= 0.3 is 0 Å². The Bertz CT molecular complexity index is 428. The third kappa shape index (κ3) is 12.1. The van der Waals surface area contributed by atoms with E-state index < -0.39 is 6.04 Å². The first-order chi connectivity index (χ1) is 11.7. The number of nitrogens with zero attached hydrogens (tertiary/aromatic N) is 1. The Hall–Kier alpha value is -0.920. The van der Waals surface area contributed by atoms with Crippen molar-refractivity contribution in [2.24, 2.45) is 5.92 Å². The van der Waals surface area contributed by atoms with Crippen molar-refractivity contribution in [2.45, 2.75) is 59.0 Å². The molecule has 0 aromatic rings. The van der Waals surface area contributed by atoms with Crippen molar-refractivity contribution < 1.29 is 14.4 Å². The van der Waals surface area contributed by atoms with E-state index in [2.05, 4.69) is 24.5 Å². The first-order valence-corrected chi connectivity index (χ1v) is 10.2. The first-order valence-electron chi connectivity index (χ1n) is 8.99. The minimum Gasteiger partial charge on any atom is -0.344 e. The second kappa shape index (κ2) is 13.3. The summed E-state index contributed by atoms with van der Waals surface area (Å²) >= 11 is 1.14. The van der Waals surface area contributed by atoms with E-state index in [1.54, 1.807) is 18.2 Å². The summed E-state index contributed by atoms with van der Waals surface area (Å²) in [7, 11) is 1.74. The van der Waals surface area contributed by atoms with Crippen molar-refractivity contribution in [3.8, 4) is 0 Å². The van der Waals surface area contributed by atoms with Gasteiger partial charge in [-0.15, -0.1) is 0 Å². The molecule has 146 valence electrons. The Labute approximate surface area is 156 Å². The van der Waals surface area contributed by atoms with Gasteiger partial charge in [-0.2, -0.15) is 0 Å². The quantitative estimate of drug-likeness (QED) is 0.478. The number of amides is 1. The molecular formula is C18H35N3O3S. The van der Waals surface area contributed by atoms with Crippen LogP contribution in [0.5, 0.6) is 0 Å². The molecule has 0 saturated carbocycles. The molecule has 0 saturated heterocycles. The van der Waals surface area contributed by atoms with Crippen molar-refractivity contribution in [3.05, 3.63) is 0 Å². The van der Waals surface area contributed by atoms with Gasteiger partial charge in [0.1, 0.15) is 5.78 Å². The van der Waals surface area contributed by atoms with Gasteiger partial charge in [-0.05, 0) is 39.1 Å². The van der Waals surface area contributed by atoms with Crippen LogP contribution < -0.4 is 10.6 Å². The fraction of sp³-hybridized carbons (Fsp3) is 0.833. The number of likely N-dealkylation sites (N-methyl/N-ethyl adjacent to an activating group) is 1. The number of rotatable bonds is 13. The highest BCUT2D eigenvalue weighted by Crippen LogP contribution is 2.09. The number of hydrogen-bond donors (Lipinski definition) is 2. The molecule has 25 heavy (non-hydrogen) atoms. The molecule has 0 spiro atoms. The van der Waals surface area contributed by atoms with Gasteiger partial charge in [-0.25, -0.2) is 0 Å². The van der Waals surface area contributed by atoms with Crippen LogP contribution in [0, 0.1) is 5.92 Å². The lowest BCUT2D eigenvalue weighted by atomic mass is 10.1. The number of nitrogens with one attached hydrogen (secondary N) is 2. The number of thioether (sulfide) groups is 1. The second-order valence-electron chi connectivity index (χ2n) is 7.04. The molecule has 0 radical (unpaired) electrons. The van der Waals surface area contributed by atoms with Crippen molar-refractivity contribution in [2.75, 3.05) is 32.9 Å². The number of Topliss-reactive ketones (excluding diaryl/α,β-unsaturated/α-hetero) is 1. The van der Waals surface area contributed by atoms with Crippen molar-refractivity contribution in [1.29, 1.82) is 0 Å². The van der Waals surface area contributed by atoms with Crippen LogP contribution in [0.2, 0.25) is 0 Å². The highest BCUT2D eigenvalue weighted by atomic mass is 32.2. The molecule has 0 unspecified atom stereocenters. The molecule has 0 aliphatic rings. The van der Waals surface area contributed by atoms with Crippen LogP contribution in [-0.2, 0) is 14.4 Å². The number of unbranched alkanes of at least 4 members (excludes halogenated alkanes) is 1. The van der Waals surface area contributed by atoms with Crippen LogP contribution in [-0.4, -0.2) is 66.7 Å². The molecule has 6 nitrogen and oxygen atoms in total. The largest absolute Gasteiger partial charge is 0.344 e. The van der Waals surface area contributed by atoms with Crippen LogP contribution in [0.3, 0.4) is 0 Å². The highest BCUT2D eigenvalue weighted by molar-refractivity contribution is 8.13. The van der Waals surface area contributed by atoms with Gasteiger partial charge in [-0.3, -0.25) is 19.3 Å². The highest BCUT2D eigenvalue weighted by Gasteiger charge is 2.21. The third-order valence-electron chi connectivity index (χ3n) is 3.78. The van der Waals surface area contributed by atoms with E-state index in [9.17, 15) is 14.4 Å². The molecule has 0 rings (SSSR count). The maximum Gasteiger partial charge on any atom is 0.234 e. The third-order valence-corrected chi connectivity index (χ3v) is 4.46. The maximum absolute atomic E-state index is 12.2. The normalized spacial score (nSPS) is 12.7. The van der Waals surface area contributed by atoms with Gasteiger partial charge in [0.2, 0.25) is 11.0 Å². The summed E-state index contributed by atoms with van der Waals surface area (Å²) < 4.78 is 0. The monoisotopic (exact) mass is 373 g/mol. The average molecular weight is 374 g/mol. The van der Waals surface area contributed by atoms with Gasteiger partial charge in [0.25, 0.3) is 0 Å². The molecule has 1 atom stereocenters. The summed E-state index contributed by atoms with van der Waals surface area (Å²) in [6.45, 7) is 9.15. The lowest BCUT2D eigenvalue weighted by Gasteiger charge is -2.20. The summed E-state index contributed by atoms with van der Waals surface area (Å²) in [5.74, 6) is -0.160.